The van der Waals surface area contributed by atoms with Crippen molar-refractivity contribution in [2.75, 3.05) is 11.9 Å². The van der Waals surface area contributed by atoms with E-state index in [2.05, 4.69) is 25.1 Å². The van der Waals surface area contributed by atoms with Crippen LogP contribution >= 0.6 is 0 Å². The molecule has 18 heavy (non-hydrogen) atoms. The monoisotopic (exact) mass is 246 g/mol. The zero-order valence-corrected chi connectivity index (χ0v) is 9.91. The molecule has 0 bridgehead atoms. The third kappa shape index (κ3) is 1.37. The van der Waals surface area contributed by atoms with Crippen molar-refractivity contribution in [1.82, 2.24) is 24.3 Å². The van der Waals surface area contributed by atoms with Crippen LogP contribution in [0.1, 0.15) is 25.5 Å². The number of imidazole rings is 1. The number of nitrogens with zero attached hydrogens (tertiary/aromatic N) is 5. The van der Waals surface area contributed by atoms with Crippen molar-refractivity contribution in [2.45, 2.75) is 32.2 Å². The van der Waals surface area contributed by atoms with Crippen molar-refractivity contribution in [2.24, 2.45) is 0 Å². The van der Waals surface area contributed by atoms with Gasteiger partial charge in [-0.15, -0.1) is 10.2 Å². The lowest BCUT2D eigenvalue weighted by molar-refractivity contribution is -0.0308. The molecule has 0 radical (unpaired) electrons. The van der Waals surface area contributed by atoms with Gasteiger partial charge in [-0.05, 0) is 19.3 Å². The summed E-state index contributed by atoms with van der Waals surface area (Å²) in [4.78, 5) is 4.44. The molecule has 1 atom stereocenters. The molecule has 7 heteroatoms. The van der Waals surface area contributed by atoms with Crippen LogP contribution < -0.4 is 5.32 Å². The predicted molar refractivity (Wildman–Crippen MR) is 63.7 cm³/mol. The average molecular weight is 246 g/mol. The lowest BCUT2D eigenvalue weighted by atomic mass is 10.2. The van der Waals surface area contributed by atoms with Gasteiger partial charge in [0.25, 0.3) is 0 Å². The molecule has 7 nitrogen and oxygen atoms in total. The quantitative estimate of drug-likeness (QED) is 0.819. The Morgan fingerprint density at radius 3 is 3.22 bits per heavy atom. The third-order valence-corrected chi connectivity index (χ3v) is 3.50. The number of hydrogen-bond acceptors (Lipinski definition) is 5. The lowest BCUT2D eigenvalue weighted by Gasteiger charge is -2.26. The highest BCUT2D eigenvalue weighted by molar-refractivity contribution is 5.68. The molecule has 0 amide bonds. The Labute approximate surface area is 104 Å². The van der Waals surface area contributed by atoms with Gasteiger partial charge in [0.15, 0.2) is 11.5 Å². The summed E-state index contributed by atoms with van der Waals surface area (Å²) in [7, 11) is 0. The van der Waals surface area contributed by atoms with Crippen molar-refractivity contribution >= 4 is 5.82 Å². The molecule has 1 fully saturated rings. The number of nitrogens with one attached hydrogen (secondary N) is 1. The van der Waals surface area contributed by atoms with E-state index in [0.29, 0.717) is 6.67 Å². The summed E-state index contributed by atoms with van der Waals surface area (Å²) in [6.45, 7) is 1.50. The summed E-state index contributed by atoms with van der Waals surface area (Å²) >= 11 is 0. The van der Waals surface area contributed by atoms with Gasteiger partial charge in [-0.3, -0.25) is 9.13 Å². The van der Waals surface area contributed by atoms with E-state index in [0.717, 1.165) is 36.8 Å². The van der Waals surface area contributed by atoms with Crippen LogP contribution in [0.25, 0.3) is 11.5 Å². The predicted octanol–water partition coefficient (Wildman–Crippen LogP) is 1.22. The van der Waals surface area contributed by atoms with Crippen molar-refractivity contribution < 1.29 is 4.74 Å². The maximum Gasteiger partial charge on any atom is 0.187 e. The van der Waals surface area contributed by atoms with Gasteiger partial charge in [-0.2, -0.15) is 0 Å². The molecule has 0 aliphatic carbocycles. The molecular weight excluding hydrogens is 232 g/mol. The lowest BCUT2D eigenvalue weighted by Crippen LogP contribution is -2.22. The maximum atomic E-state index is 5.80. The van der Waals surface area contributed by atoms with E-state index >= 15 is 0 Å². The molecule has 4 rings (SSSR count). The van der Waals surface area contributed by atoms with Gasteiger partial charge < -0.3 is 10.1 Å². The summed E-state index contributed by atoms with van der Waals surface area (Å²) in [5.41, 5.74) is 0.855. The number of rotatable bonds is 1. The van der Waals surface area contributed by atoms with Crippen molar-refractivity contribution in [3.8, 4) is 11.5 Å². The number of anilines is 1. The minimum atomic E-state index is 0.0944. The molecule has 94 valence electrons. The maximum absolute atomic E-state index is 5.80. The van der Waals surface area contributed by atoms with E-state index in [1.807, 2.05) is 10.9 Å². The van der Waals surface area contributed by atoms with Crippen LogP contribution in [0.4, 0.5) is 5.82 Å². The zero-order valence-electron chi connectivity index (χ0n) is 9.91. The molecule has 2 aliphatic heterocycles. The van der Waals surface area contributed by atoms with Crippen molar-refractivity contribution in [1.29, 1.82) is 0 Å². The van der Waals surface area contributed by atoms with Gasteiger partial charge >= 0.3 is 0 Å². The third-order valence-electron chi connectivity index (χ3n) is 3.50. The van der Waals surface area contributed by atoms with Crippen LogP contribution in [-0.4, -0.2) is 30.9 Å². The number of fused-ring (bicyclic) bond motifs is 3. The molecule has 0 spiro atoms. The second-order valence-electron chi connectivity index (χ2n) is 4.63. The first-order valence-corrected chi connectivity index (χ1v) is 6.24. The van der Waals surface area contributed by atoms with Gasteiger partial charge in [0.05, 0.1) is 13.0 Å². The van der Waals surface area contributed by atoms with E-state index in [4.69, 9.17) is 4.74 Å². The molecule has 0 saturated carbocycles. The standard InChI is InChI=1S/C11H14N6O/c1-2-4-18-8(3-1)17-6-12-9-10(17)13-5-16-7-14-15-11(9)16/h6-8,13H,1-5H2. The van der Waals surface area contributed by atoms with Crippen LogP contribution in [0, 0.1) is 0 Å². The number of hydrogen-bond donors (Lipinski definition) is 1. The molecule has 2 aromatic rings. The van der Waals surface area contributed by atoms with Crippen LogP contribution in [0.2, 0.25) is 0 Å². The first kappa shape index (κ1) is 10.1. The highest BCUT2D eigenvalue weighted by Gasteiger charge is 2.26. The van der Waals surface area contributed by atoms with Gasteiger partial charge in [0, 0.05) is 6.61 Å². The van der Waals surface area contributed by atoms with Gasteiger partial charge in [0.1, 0.15) is 18.4 Å². The van der Waals surface area contributed by atoms with Crippen molar-refractivity contribution in [3.05, 3.63) is 12.7 Å². The zero-order chi connectivity index (χ0) is 11.9. The van der Waals surface area contributed by atoms with E-state index < -0.39 is 0 Å². The van der Waals surface area contributed by atoms with Crippen LogP contribution in [-0.2, 0) is 11.4 Å². The Kier molecular flexibility index (Phi) is 2.13. The van der Waals surface area contributed by atoms with E-state index in [9.17, 15) is 0 Å². The van der Waals surface area contributed by atoms with Crippen molar-refractivity contribution in [3.63, 3.8) is 0 Å². The smallest absolute Gasteiger partial charge is 0.187 e. The SMILES string of the molecule is c1nnc2n1CNc1c-2ncn1C1CCCCO1. The molecule has 2 aliphatic rings. The normalized spacial score (nSPS) is 22.1. The Hall–Kier alpha value is -1.89. The molecule has 4 heterocycles. The van der Waals surface area contributed by atoms with Gasteiger partial charge in [-0.25, -0.2) is 4.98 Å². The van der Waals surface area contributed by atoms with Gasteiger partial charge in [-0.1, -0.05) is 0 Å². The summed E-state index contributed by atoms with van der Waals surface area (Å²) < 4.78 is 9.82. The fraction of sp³-hybridized carbons (Fsp3) is 0.545. The molecule has 1 N–H and O–H groups in total. The minimum Gasteiger partial charge on any atom is -0.358 e. The van der Waals surface area contributed by atoms with Crippen LogP contribution in [0.5, 0.6) is 0 Å². The summed E-state index contributed by atoms with van der Waals surface area (Å²) in [5, 5.41) is 11.4. The van der Waals surface area contributed by atoms with E-state index in [1.54, 1.807) is 6.33 Å². The van der Waals surface area contributed by atoms with E-state index in [-0.39, 0.29) is 6.23 Å². The highest BCUT2D eigenvalue weighted by Crippen LogP contribution is 2.33. The largest absolute Gasteiger partial charge is 0.358 e. The van der Waals surface area contributed by atoms with Crippen LogP contribution in [0.3, 0.4) is 0 Å². The Bertz CT molecular complexity index is 568. The topological polar surface area (TPSA) is 69.8 Å². The molecular formula is C11H14N6O. The number of ether oxygens (including phenoxy) is 1. The Balaban J connectivity index is 1.76. The fourth-order valence-corrected chi connectivity index (χ4v) is 2.58. The first-order chi connectivity index (χ1) is 8.93. The number of aromatic nitrogens is 5. The molecule has 1 saturated heterocycles. The minimum absolute atomic E-state index is 0.0944. The summed E-state index contributed by atoms with van der Waals surface area (Å²) in [6.07, 6.45) is 7.02. The summed E-state index contributed by atoms with van der Waals surface area (Å²) in [5.74, 6) is 1.81. The van der Waals surface area contributed by atoms with Crippen LogP contribution in [0.15, 0.2) is 12.7 Å². The van der Waals surface area contributed by atoms with Gasteiger partial charge in [0.2, 0.25) is 0 Å². The fourth-order valence-electron chi connectivity index (χ4n) is 2.58. The molecule has 1 unspecified atom stereocenters. The second-order valence-corrected chi connectivity index (χ2v) is 4.63. The second kappa shape index (κ2) is 3.81. The Morgan fingerprint density at radius 2 is 2.33 bits per heavy atom. The average Bonchev–Trinajstić information content (AvgIpc) is 3.05. The van der Waals surface area contributed by atoms with E-state index in [1.165, 1.54) is 6.42 Å². The summed E-state index contributed by atoms with van der Waals surface area (Å²) in [6, 6.07) is 0. The molecule has 0 aromatic carbocycles. The first-order valence-electron chi connectivity index (χ1n) is 6.24. The Morgan fingerprint density at radius 1 is 1.33 bits per heavy atom. The molecule has 2 aromatic heterocycles. The highest BCUT2D eigenvalue weighted by atomic mass is 16.5.